The maximum atomic E-state index is 5.82. The predicted octanol–water partition coefficient (Wildman–Crippen LogP) is 4.13. The first-order chi connectivity index (χ1) is 8.99. The molecule has 1 aromatic carbocycles. The number of ether oxygens (including phenoxy) is 1. The van der Waals surface area contributed by atoms with Gasteiger partial charge in [0.2, 0.25) is 0 Å². The first kappa shape index (κ1) is 16.0. The molecule has 0 aliphatic carbocycles. The average molecular weight is 263 g/mol. The van der Waals surface area contributed by atoms with Crippen molar-refractivity contribution in [3.05, 3.63) is 29.3 Å². The van der Waals surface area contributed by atoms with Gasteiger partial charge >= 0.3 is 0 Å². The number of aryl methyl sites for hydroxylation is 1. The lowest BCUT2D eigenvalue weighted by Gasteiger charge is -2.12. The van der Waals surface area contributed by atoms with Gasteiger partial charge in [-0.3, -0.25) is 0 Å². The van der Waals surface area contributed by atoms with Crippen molar-refractivity contribution in [3.63, 3.8) is 0 Å². The van der Waals surface area contributed by atoms with Crippen LogP contribution < -0.4 is 10.1 Å². The summed E-state index contributed by atoms with van der Waals surface area (Å²) in [7, 11) is 0. The molecule has 1 rings (SSSR count). The van der Waals surface area contributed by atoms with Gasteiger partial charge in [-0.05, 0) is 55.0 Å². The van der Waals surface area contributed by atoms with Crippen LogP contribution in [0, 0.1) is 12.8 Å². The lowest BCUT2D eigenvalue weighted by molar-refractivity contribution is 0.312. The van der Waals surface area contributed by atoms with E-state index in [1.54, 1.807) is 0 Å². The Labute approximate surface area is 118 Å². The fraction of sp³-hybridized carbons (Fsp3) is 0.647. The summed E-state index contributed by atoms with van der Waals surface area (Å²) >= 11 is 0. The summed E-state index contributed by atoms with van der Waals surface area (Å²) in [6, 6.07) is 6.50. The van der Waals surface area contributed by atoms with Crippen LogP contribution in [-0.2, 0) is 0 Å². The maximum Gasteiger partial charge on any atom is 0.119 e. The standard InChI is InChI=1S/C17H29NO/c1-13(2)6-7-18-8-9-19-17-11-15(5)10-16(12-17)14(3)4/h10-14,18H,6-9H2,1-5H3. The highest BCUT2D eigenvalue weighted by molar-refractivity contribution is 5.35. The van der Waals surface area contributed by atoms with Crippen LogP contribution in [0.2, 0.25) is 0 Å². The van der Waals surface area contributed by atoms with E-state index in [2.05, 4.69) is 58.1 Å². The molecule has 0 amide bonds. The molecule has 2 nitrogen and oxygen atoms in total. The highest BCUT2D eigenvalue weighted by atomic mass is 16.5. The van der Waals surface area contributed by atoms with Crippen LogP contribution in [0.15, 0.2) is 18.2 Å². The Morgan fingerprint density at radius 2 is 1.79 bits per heavy atom. The lowest BCUT2D eigenvalue weighted by atomic mass is 10.0. The van der Waals surface area contributed by atoms with Gasteiger partial charge in [0.15, 0.2) is 0 Å². The summed E-state index contributed by atoms with van der Waals surface area (Å²) in [6.07, 6.45) is 1.22. The Bertz CT molecular complexity index is 372. The largest absolute Gasteiger partial charge is 0.492 e. The molecule has 0 radical (unpaired) electrons. The van der Waals surface area contributed by atoms with Gasteiger partial charge in [0.1, 0.15) is 12.4 Å². The SMILES string of the molecule is Cc1cc(OCCNCCC(C)C)cc(C(C)C)c1. The van der Waals surface area contributed by atoms with Crippen LogP contribution in [0.1, 0.15) is 51.2 Å². The van der Waals surface area contributed by atoms with Gasteiger partial charge in [-0.2, -0.15) is 0 Å². The molecular weight excluding hydrogens is 234 g/mol. The minimum absolute atomic E-state index is 0.548. The molecule has 0 saturated heterocycles. The third-order valence-corrected chi connectivity index (χ3v) is 3.19. The third kappa shape index (κ3) is 6.63. The minimum Gasteiger partial charge on any atom is -0.492 e. The molecule has 0 unspecified atom stereocenters. The fourth-order valence-corrected chi connectivity index (χ4v) is 1.95. The average Bonchev–Trinajstić information content (AvgIpc) is 2.32. The van der Waals surface area contributed by atoms with E-state index in [4.69, 9.17) is 4.74 Å². The van der Waals surface area contributed by atoms with E-state index >= 15 is 0 Å². The van der Waals surface area contributed by atoms with Gasteiger partial charge in [0.05, 0.1) is 0 Å². The second kappa shape index (κ2) is 8.21. The molecule has 0 aliphatic heterocycles. The molecule has 0 aromatic heterocycles. The molecule has 0 aliphatic rings. The summed E-state index contributed by atoms with van der Waals surface area (Å²) in [5, 5.41) is 3.41. The monoisotopic (exact) mass is 263 g/mol. The Morgan fingerprint density at radius 1 is 1.05 bits per heavy atom. The number of benzene rings is 1. The van der Waals surface area contributed by atoms with Crippen molar-refractivity contribution in [3.8, 4) is 5.75 Å². The van der Waals surface area contributed by atoms with E-state index in [0.29, 0.717) is 5.92 Å². The Kier molecular flexibility index (Phi) is 6.93. The van der Waals surface area contributed by atoms with Gasteiger partial charge in [0, 0.05) is 6.54 Å². The van der Waals surface area contributed by atoms with Gasteiger partial charge in [0.25, 0.3) is 0 Å². The molecule has 1 N–H and O–H groups in total. The zero-order chi connectivity index (χ0) is 14.3. The molecule has 0 heterocycles. The maximum absolute atomic E-state index is 5.82. The Morgan fingerprint density at radius 3 is 2.42 bits per heavy atom. The molecule has 19 heavy (non-hydrogen) atoms. The Balaban J connectivity index is 2.33. The first-order valence-corrected chi connectivity index (χ1v) is 7.44. The quantitative estimate of drug-likeness (QED) is 0.712. The highest BCUT2D eigenvalue weighted by Gasteiger charge is 2.03. The lowest BCUT2D eigenvalue weighted by Crippen LogP contribution is -2.23. The van der Waals surface area contributed by atoms with Gasteiger partial charge in [-0.25, -0.2) is 0 Å². The van der Waals surface area contributed by atoms with Crippen molar-refractivity contribution in [2.75, 3.05) is 19.7 Å². The van der Waals surface area contributed by atoms with E-state index in [1.165, 1.54) is 17.5 Å². The number of rotatable bonds is 8. The van der Waals surface area contributed by atoms with Crippen LogP contribution in [0.3, 0.4) is 0 Å². The summed E-state index contributed by atoms with van der Waals surface area (Å²) < 4.78 is 5.82. The van der Waals surface area contributed by atoms with Crippen molar-refractivity contribution in [1.82, 2.24) is 5.32 Å². The van der Waals surface area contributed by atoms with Crippen molar-refractivity contribution in [1.29, 1.82) is 0 Å². The van der Waals surface area contributed by atoms with Crippen molar-refractivity contribution in [2.45, 2.75) is 47.0 Å². The van der Waals surface area contributed by atoms with Crippen LogP contribution >= 0.6 is 0 Å². The van der Waals surface area contributed by atoms with E-state index in [0.717, 1.165) is 31.4 Å². The summed E-state index contributed by atoms with van der Waals surface area (Å²) in [5.74, 6) is 2.31. The number of hydrogen-bond donors (Lipinski definition) is 1. The molecule has 108 valence electrons. The van der Waals surface area contributed by atoms with Crippen LogP contribution in [-0.4, -0.2) is 19.7 Å². The van der Waals surface area contributed by atoms with Gasteiger partial charge in [-0.1, -0.05) is 33.8 Å². The minimum atomic E-state index is 0.548. The molecule has 0 spiro atoms. The summed E-state index contributed by atoms with van der Waals surface area (Å²) in [6.45, 7) is 13.8. The number of hydrogen-bond acceptors (Lipinski definition) is 2. The van der Waals surface area contributed by atoms with E-state index in [9.17, 15) is 0 Å². The normalized spacial score (nSPS) is 11.3. The van der Waals surface area contributed by atoms with Gasteiger partial charge < -0.3 is 10.1 Å². The summed E-state index contributed by atoms with van der Waals surface area (Å²) in [5.41, 5.74) is 2.62. The zero-order valence-electron chi connectivity index (χ0n) is 13.1. The van der Waals surface area contributed by atoms with E-state index < -0.39 is 0 Å². The summed E-state index contributed by atoms with van der Waals surface area (Å²) in [4.78, 5) is 0. The van der Waals surface area contributed by atoms with Gasteiger partial charge in [-0.15, -0.1) is 0 Å². The molecular formula is C17H29NO. The van der Waals surface area contributed by atoms with E-state index in [1.807, 2.05) is 0 Å². The molecule has 0 fully saturated rings. The molecule has 2 heteroatoms. The molecule has 1 aromatic rings. The molecule has 0 bridgehead atoms. The van der Waals surface area contributed by atoms with Crippen molar-refractivity contribution in [2.24, 2.45) is 5.92 Å². The van der Waals surface area contributed by atoms with Crippen LogP contribution in [0.25, 0.3) is 0 Å². The van der Waals surface area contributed by atoms with Crippen molar-refractivity contribution < 1.29 is 4.74 Å². The Hall–Kier alpha value is -1.02. The molecule has 0 atom stereocenters. The fourth-order valence-electron chi connectivity index (χ4n) is 1.95. The predicted molar refractivity (Wildman–Crippen MR) is 83.1 cm³/mol. The van der Waals surface area contributed by atoms with Crippen LogP contribution in [0.4, 0.5) is 0 Å². The number of nitrogens with one attached hydrogen (secondary N) is 1. The molecule has 0 saturated carbocycles. The topological polar surface area (TPSA) is 21.3 Å². The van der Waals surface area contributed by atoms with Crippen molar-refractivity contribution >= 4 is 0 Å². The zero-order valence-corrected chi connectivity index (χ0v) is 13.1. The third-order valence-electron chi connectivity index (χ3n) is 3.19. The smallest absolute Gasteiger partial charge is 0.119 e. The second-order valence-corrected chi connectivity index (χ2v) is 6.02. The van der Waals surface area contributed by atoms with Crippen LogP contribution in [0.5, 0.6) is 5.75 Å². The highest BCUT2D eigenvalue weighted by Crippen LogP contribution is 2.22. The van der Waals surface area contributed by atoms with E-state index in [-0.39, 0.29) is 0 Å². The first-order valence-electron chi connectivity index (χ1n) is 7.44. The second-order valence-electron chi connectivity index (χ2n) is 6.02.